The van der Waals surface area contributed by atoms with Gasteiger partial charge in [-0.25, -0.2) is 9.59 Å². The Morgan fingerprint density at radius 1 is 1.12 bits per heavy atom. The molecule has 0 bridgehead atoms. The predicted octanol–water partition coefficient (Wildman–Crippen LogP) is 1.52. The summed E-state index contributed by atoms with van der Waals surface area (Å²) in [5.74, 6) is -3.74. The maximum Gasteiger partial charge on any atom is 0.491 e. The van der Waals surface area contributed by atoms with Gasteiger partial charge < -0.3 is 24.6 Å². The van der Waals surface area contributed by atoms with Crippen LogP contribution in [0.15, 0.2) is 24.3 Å². The number of alkyl halides is 3. The SMILES string of the molecule is O=C(CC[C@@H]1CN(c2ccc(N3C[C@@H]4CNCCN4C3=O)cc2)CCO1)OC(=O)C(F)(F)F. The normalized spacial score (nSPS) is 23.5. The molecule has 0 saturated carbocycles. The topological polar surface area (TPSA) is 91.4 Å². The molecule has 1 aromatic carbocycles. The van der Waals surface area contributed by atoms with E-state index in [0.29, 0.717) is 32.8 Å². The Morgan fingerprint density at radius 3 is 2.55 bits per heavy atom. The number of amides is 2. The summed E-state index contributed by atoms with van der Waals surface area (Å²) in [4.78, 5) is 40.7. The van der Waals surface area contributed by atoms with Gasteiger partial charge in [-0.1, -0.05) is 0 Å². The van der Waals surface area contributed by atoms with Gasteiger partial charge in [0, 0.05) is 57.1 Å². The molecule has 4 rings (SSSR count). The number of ether oxygens (including phenoxy) is 2. The molecule has 0 unspecified atom stereocenters. The van der Waals surface area contributed by atoms with Crippen molar-refractivity contribution in [1.29, 1.82) is 0 Å². The Balaban J connectivity index is 1.30. The van der Waals surface area contributed by atoms with Crippen LogP contribution in [-0.4, -0.2) is 87.1 Å². The number of urea groups is 1. The highest BCUT2D eigenvalue weighted by atomic mass is 19.4. The standard InChI is InChI=1S/C21H25F3N4O5/c22-21(23,24)19(30)33-18(29)6-5-17-13-26(9-10-32-17)14-1-3-15(4-2-14)28-12-16-11-25-7-8-27(16)20(28)31/h1-4,16-17,25H,5-13H2/t16-,17+/m0/s1. The second-order valence-corrected chi connectivity index (χ2v) is 8.20. The highest BCUT2D eigenvalue weighted by Gasteiger charge is 2.42. The lowest BCUT2D eigenvalue weighted by molar-refractivity contribution is -0.202. The molecule has 1 aromatic rings. The Hall–Kier alpha value is -2.86. The van der Waals surface area contributed by atoms with Crippen molar-refractivity contribution in [2.75, 3.05) is 55.7 Å². The van der Waals surface area contributed by atoms with Crippen molar-refractivity contribution in [2.45, 2.75) is 31.2 Å². The van der Waals surface area contributed by atoms with Crippen LogP contribution in [0.1, 0.15) is 12.8 Å². The van der Waals surface area contributed by atoms with Crippen LogP contribution in [0.2, 0.25) is 0 Å². The first-order valence-corrected chi connectivity index (χ1v) is 10.8. The average Bonchev–Trinajstić information content (AvgIpc) is 3.14. The molecule has 3 heterocycles. The van der Waals surface area contributed by atoms with Crippen LogP contribution in [0.4, 0.5) is 29.3 Å². The largest absolute Gasteiger partial charge is 0.491 e. The second kappa shape index (κ2) is 9.56. The van der Waals surface area contributed by atoms with Gasteiger partial charge in [0.25, 0.3) is 0 Å². The zero-order chi connectivity index (χ0) is 23.6. The van der Waals surface area contributed by atoms with E-state index in [9.17, 15) is 27.6 Å². The van der Waals surface area contributed by atoms with Crippen LogP contribution in [0, 0.1) is 0 Å². The van der Waals surface area contributed by atoms with Crippen molar-refractivity contribution < 1.29 is 37.0 Å². The summed E-state index contributed by atoms with van der Waals surface area (Å²) in [7, 11) is 0. The Morgan fingerprint density at radius 2 is 1.85 bits per heavy atom. The number of esters is 2. The van der Waals surface area contributed by atoms with Gasteiger partial charge in [0.1, 0.15) is 0 Å². The molecule has 12 heteroatoms. The molecular weight excluding hydrogens is 445 g/mol. The Bertz CT molecular complexity index is 895. The number of rotatable bonds is 5. The quantitative estimate of drug-likeness (QED) is 0.515. The number of nitrogens with zero attached hydrogens (tertiary/aromatic N) is 3. The Kier molecular flexibility index (Phi) is 6.75. The number of piperazine rings is 1. The van der Waals surface area contributed by atoms with Crippen molar-refractivity contribution in [3.8, 4) is 0 Å². The number of halogens is 3. The van der Waals surface area contributed by atoms with Crippen LogP contribution in [0.5, 0.6) is 0 Å². The lowest BCUT2D eigenvalue weighted by Gasteiger charge is -2.34. The number of morpholine rings is 1. The first kappa shape index (κ1) is 23.3. The lowest BCUT2D eigenvalue weighted by Crippen LogP contribution is -2.49. The first-order valence-electron chi connectivity index (χ1n) is 10.8. The number of hydrogen-bond acceptors (Lipinski definition) is 7. The van der Waals surface area contributed by atoms with E-state index >= 15 is 0 Å². The number of fused-ring (bicyclic) bond motifs is 1. The molecular formula is C21H25F3N4O5. The smallest absolute Gasteiger partial charge is 0.386 e. The molecule has 9 nitrogen and oxygen atoms in total. The van der Waals surface area contributed by atoms with Gasteiger partial charge in [0.15, 0.2) is 0 Å². The third kappa shape index (κ3) is 5.38. The molecule has 2 atom stereocenters. The zero-order valence-electron chi connectivity index (χ0n) is 17.8. The fourth-order valence-corrected chi connectivity index (χ4v) is 4.30. The molecule has 180 valence electrons. The molecule has 3 aliphatic heterocycles. The van der Waals surface area contributed by atoms with Gasteiger partial charge in [-0.05, 0) is 30.7 Å². The number of hydrogen-bond donors (Lipinski definition) is 1. The third-order valence-corrected chi connectivity index (χ3v) is 5.99. The molecule has 0 radical (unpaired) electrons. The van der Waals surface area contributed by atoms with Crippen LogP contribution in [-0.2, 0) is 19.1 Å². The maximum absolute atomic E-state index is 12.7. The fraction of sp³-hybridized carbons (Fsp3) is 0.571. The van der Waals surface area contributed by atoms with Gasteiger partial charge in [0.2, 0.25) is 0 Å². The monoisotopic (exact) mass is 470 g/mol. The fourth-order valence-electron chi connectivity index (χ4n) is 4.30. The first-order chi connectivity index (χ1) is 15.7. The number of benzene rings is 1. The minimum atomic E-state index is -5.20. The van der Waals surface area contributed by atoms with E-state index in [-0.39, 0.29) is 24.9 Å². The number of nitrogens with one attached hydrogen (secondary N) is 1. The molecule has 0 aromatic heterocycles. The van der Waals surface area contributed by atoms with Crippen molar-refractivity contribution in [3.05, 3.63) is 24.3 Å². The van der Waals surface area contributed by atoms with E-state index in [1.807, 2.05) is 34.1 Å². The summed E-state index contributed by atoms with van der Waals surface area (Å²) in [5, 5.41) is 3.30. The molecule has 3 aliphatic rings. The van der Waals surface area contributed by atoms with Crippen molar-refractivity contribution in [2.24, 2.45) is 0 Å². The predicted molar refractivity (Wildman–Crippen MR) is 111 cm³/mol. The van der Waals surface area contributed by atoms with Crippen LogP contribution in [0.3, 0.4) is 0 Å². The highest BCUT2D eigenvalue weighted by Crippen LogP contribution is 2.28. The van der Waals surface area contributed by atoms with Gasteiger partial charge in [-0.15, -0.1) is 0 Å². The number of carbonyl (C=O) groups excluding carboxylic acids is 3. The van der Waals surface area contributed by atoms with E-state index in [2.05, 4.69) is 10.1 Å². The summed E-state index contributed by atoms with van der Waals surface area (Å²) < 4.78 is 46.0. The molecule has 3 saturated heterocycles. The van der Waals surface area contributed by atoms with Gasteiger partial charge in [-0.3, -0.25) is 9.69 Å². The van der Waals surface area contributed by atoms with Crippen molar-refractivity contribution in [3.63, 3.8) is 0 Å². The summed E-state index contributed by atoms with van der Waals surface area (Å²) >= 11 is 0. The summed E-state index contributed by atoms with van der Waals surface area (Å²) in [6, 6.07) is 7.79. The van der Waals surface area contributed by atoms with Crippen molar-refractivity contribution >= 4 is 29.3 Å². The third-order valence-electron chi connectivity index (χ3n) is 5.99. The van der Waals surface area contributed by atoms with Crippen LogP contribution >= 0.6 is 0 Å². The molecule has 2 amide bonds. The molecule has 0 aliphatic carbocycles. The summed E-state index contributed by atoms with van der Waals surface area (Å²) in [6.45, 7) is 4.35. The molecule has 0 spiro atoms. The average molecular weight is 470 g/mol. The lowest BCUT2D eigenvalue weighted by atomic mass is 10.1. The van der Waals surface area contributed by atoms with Crippen LogP contribution < -0.4 is 15.1 Å². The second-order valence-electron chi connectivity index (χ2n) is 8.20. The number of anilines is 2. The van der Waals surface area contributed by atoms with Crippen LogP contribution in [0.25, 0.3) is 0 Å². The van der Waals surface area contributed by atoms with E-state index in [1.54, 1.807) is 4.90 Å². The van der Waals surface area contributed by atoms with Crippen molar-refractivity contribution in [1.82, 2.24) is 10.2 Å². The highest BCUT2D eigenvalue weighted by molar-refractivity contribution is 5.95. The van der Waals surface area contributed by atoms with Gasteiger partial charge >= 0.3 is 24.1 Å². The molecule has 33 heavy (non-hydrogen) atoms. The number of carbonyl (C=O) groups is 3. The summed E-state index contributed by atoms with van der Waals surface area (Å²) in [5.41, 5.74) is 1.73. The van der Waals surface area contributed by atoms with Gasteiger partial charge in [-0.2, -0.15) is 13.2 Å². The zero-order valence-corrected chi connectivity index (χ0v) is 17.8. The minimum absolute atomic E-state index is 0.0107. The molecule has 1 N–H and O–H groups in total. The molecule has 3 fully saturated rings. The minimum Gasteiger partial charge on any atom is -0.386 e. The maximum atomic E-state index is 12.7. The van der Waals surface area contributed by atoms with Gasteiger partial charge in [0.05, 0.1) is 18.8 Å². The van der Waals surface area contributed by atoms with E-state index in [4.69, 9.17) is 4.74 Å². The Labute approximate surface area is 188 Å². The summed E-state index contributed by atoms with van der Waals surface area (Å²) in [6.07, 6.45) is -5.82. The van der Waals surface area contributed by atoms with E-state index in [1.165, 1.54) is 0 Å². The van der Waals surface area contributed by atoms with E-state index in [0.717, 1.165) is 24.5 Å². The van der Waals surface area contributed by atoms with E-state index < -0.39 is 24.2 Å².